The fraction of sp³-hybridized carbons (Fsp3) is 0.538. The Balaban J connectivity index is 1.98. The molecule has 2 atom stereocenters. The van der Waals surface area contributed by atoms with E-state index in [4.69, 9.17) is 22.1 Å². The number of halogens is 1. The molecule has 2 saturated heterocycles. The quantitative estimate of drug-likeness (QED) is 0.844. The normalized spacial score (nSPS) is 26.9. The summed E-state index contributed by atoms with van der Waals surface area (Å²) < 4.78 is 32.6. The zero-order valence-corrected chi connectivity index (χ0v) is 12.7. The van der Waals surface area contributed by atoms with Crippen LogP contribution in [-0.4, -0.2) is 38.0 Å². The van der Waals surface area contributed by atoms with Crippen molar-refractivity contribution in [3.05, 3.63) is 22.7 Å². The minimum atomic E-state index is -3.62. The van der Waals surface area contributed by atoms with Gasteiger partial charge in [-0.15, -0.1) is 0 Å². The van der Waals surface area contributed by atoms with Crippen molar-refractivity contribution >= 4 is 27.3 Å². The lowest BCUT2D eigenvalue weighted by Gasteiger charge is -2.31. The summed E-state index contributed by atoms with van der Waals surface area (Å²) in [6.45, 7) is 2.58. The van der Waals surface area contributed by atoms with Gasteiger partial charge >= 0.3 is 0 Å². The maximum Gasteiger partial charge on any atom is 0.244 e. The van der Waals surface area contributed by atoms with Crippen molar-refractivity contribution in [2.45, 2.75) is 36.9 Å². The average Bonchev–Trinajstić information content (AvgIpc) is 2.72. The summed E-state index contributed by atoms with van der Waals surface area (Å²) in [6, 6.07) is 3.04. The lowest BCUT2D eigenvalue weighted by Crippen LogP contribution is -2.45. The third kappa shape index (κ3) is 2.30. The van der Waals surface area contributed by atoms with Crippen molar-refractivity contribution in [3.8, 4) is 0 Å². The molecule has 3 rings (SSSR count). The maximum absolute atomic E-state index is 12.7. The van der Waals surface area contributed by atoms with Gasteiger partial charge in [-0.2, -0.15) is 4.31 Å². The topological polar surface area (TPSA) is 72.6 Å². The van der Waals surface area contributed by atoms with Crippen LogP contribution in [0.3, 0.4) is 0 Å². The van der Waals surface area contributed by atoms with Crippen LogP contribution in [-0.2, 0) is 14.8 Å². The van der Waals surface area contributed by atoms with Gasteiger partial charge in [0.2, 0.25) is 10.0 Å². The number of fused-ring (bicyclic) bond motifs is 2. The van der Waals surface area contributed by atoms with E-state index in [1.54, 1.807) is 13.0 Å². The number of rotatable bonds is 2. The molecule has 2 aliphatic heterocycles. The Morgan fingerprint density at radius 1 is 1.30 bits per heavy atom. The maximum atomic E-state index is 12.7. The van der Waals surface area contributed by atoms with Gasteiger partial charge in [-0.3, -0.25) is 0 Å². The standard InChI is InChI=1S/C13H17ClN2O3S/c1-8-4-11(14)13(5-12(8)15)20(17,18)16-6-9-2-3-10(7-16)19-9/h4-5,9-10H,2-3,6-7,15H2,1H3. The molecule has 2 N–H and O–H groups in total. The molecule has 0 radical (unpaired) electrons. The second kappa shape index (κ2) is 4.87. The van der Waals surface area contributed by atoms with E-state index in [1.807, 2.05) is 0 Å². The van der Waals surface area contributed by atoms with E-state index in [9.17, 15) is 8.42 Å². The van der Waals surface area contributed by atoms with E-state index in [0.29, 0.717) is 18.8 Å². The molecule has 0 aliphatic carbocycles. The molecular formula is C13H17ClN2O3S. The SMILES string of the molecule is Cc1cc(Cl)c(S(=O)(=O)N2CC3CCC(C2)O3)cc1N. The van der Waals surface area contributed by atoms with Crippen molar-refractivity contribution in [1.82, 2.24) is 4.31 Å². The Morgan fingerprint density at radius 2 is 1.90 bits per heavy atom. The highest BCUT2D eigenvalue weighted by atomic mass is 35.5. The van der Waals surface area contributed by atoms with Crippen LogP contribution in [0.5, 0.6) is 0 Å². The molecule has 1 aromatic carbocycles. The summed E-state index contributed by atoms with van der Waals surface area (Å²) in [7, 11) is -3.62. The molecule has 2 bridgehead atoms. The van der Waals surface area contributed by atoms with E-state index in [1.165, 1.54) is 10.4 Å². The molecule has 0 aromatic heterocycles. The van der Waals surface area contributed by atoms with Crippen LogP contribution in [0.1, 0.15) is 18.4 Å². The van der Waals surface area contributed by atoms with Gasteiger partial charge in [0.15, 0.2) is 0 Å². The highest BCUT2D eigenvalue weighted by Crippen LogP contribution is 2.33. The predicted molar refractivity (Wildman–Crippen MR) is 77.3 cm³/mol. The molecule has 20 heavy (non-hydrogen) atoms. The first-order valence-electron chi connectivity index (χ1n) is 6.59. The number of hydrogen-bond donors (Lipinski definition) is 1. The molecule has 2 unspecified atom stereocenters. The van der Waals surface area contributed by atoms with E-state index in [-0.39, 0.29) is 22.1 Å². The number of morpholine rings is 1. The van der Waals surface area contributed by atoms with Crippen LogP contribution in [0.4, 0.5) is 5.69 Å². The molecule has 0 spiro atoms. The van der Waals surface area contributed by atoms with Crippen LogP contribution in [0.15, 0.2) is 17.0 Å². The molecule has 0 amide bonds. The number of ether oxygens (including phenoxy) is 1. The average molecular weight is 317 g/mol. The van der Waals surface area contributed by atoms with Crippen LogP contribution in [0.25, 0.3) is 0 Å². The summed E-state index contributed by atoms with van der Waals surface area (Å²) in [6.07, 6.45) is 1.84. The number of benzene rings is 1. The molecule has 0 saturated carbocycles. The van der Waals surface area contributed by atoms with Crippen LogP contribution >= 0.6 is 11.6 Å². The highest BCUT2D eigenvalue weighted by molar-refractivity contribution is 7.89. The molecule has 110 valence electrons. The molecule has 5 nitrogen and oxygen atoms in total. The van der Waals surface area contributed by atoms with Crippen LogP contribution < -0.4 is 5.73 Å². The largest absolute Gasteiger partial charge is 0.398 e. The van der Waals surface area contributed by atoms with Gasteiger partial charge in [0.1, 0.15) is 4.90 Å². The molecule has 1 aromatic rings. The number of nitrogens with two attached hydrogens (primary N) is 1. The summed E-state index contributed by atoms with van der Waals surface area (Å²) in [4.78, 5) is 0.0866. The highest BCUT2D eigenvalue weighted by Gasteiger charge is 2.40. The minimum Gasteiger partial charge on any atom is -0.398 e. The Bertz CT molecular complexity index is 635. The van der Waals surface area contributed by atoms with Gasteiger partial charge in [-0.25, -0.2) is 8.42 Å². The van der Waals surface area contributed by atoms with E-state index >= 15 is 0 Å². The fourth-order valence-electron chi connectivity index (χ4n) is 2.78. The third-order valence-electron chi connectivity index (χ3n) is 3.95. The first-order chi connectivity index (χ1) is 9.38. The zero-order chi connectivity index (χ0) is 14.5. The molecule has 2 fully saturated rings. The smallest absolute Gasteiger partial charge is 0.244 e. The van der Waals surface area contributed by atoms with Crippen molar-refractivity contribution in [1.29, 1.82) is 0 Å². The van der Waals surface area contributed by atoms with E-state index < -0.39 is 10.0 Å². The molecule has 2 heterocycles. The second-order valence-electron chi connectivity index (χ2n) is 5.42. The molecule has 2 aliphatic rings. The predicted octanol–water partition coefficient (Wildman–Crippen LogP) is 1.78. The van der Waals surface area contributed by atoms with Gasteiger partial charge in [0.05, 0.1) is 17.2 Å². The minimum absolute atomic E-state index is 0.00472. The Labute approximate surface area is 123 Å². The molecule has 7 heteroatoms. The Kier molecular flexibility index (Phi) is 3.44. The van der Waals surface area contributed by atoms with Crippen molar-refractivity contribution in [2.75, 3.05) is 18.8 Å². The van der Waals surface area contributed by atoms with Gasteiger partial charge in [-0.1, -0.05) is 11.6 Å². The lowest BCUT2D eigenvalue weighted by molar-refractivity contribution is -0.0114. The molecular weight excluding hydrogens is 300 g/mol. The number of aryl methyl sites for hydroxylation is 1. The van der Waals surface area contributed by atoms with Gasteiger partial charge in [0.25, 0.3) is 0 Å². The second-order valence-corrected chi connectivity index (χ2v) is 7.73. The van der Waals surface area contributed by atoms with Crippen molar-refractivity contribution in [3.63, 3.8) is 0 Å². The first kappa shape index (κ1) is 14.1. The third-order valence-corrected chi connectivity index (χ3v) is 6.24. The van der Waals surface area contributed by atoms with Gasteiger partial charge in [0, 0.05) is 18.8 Å². The summed E-state index contributed by atoms with van der Waals surface area (Å²) >= 11 is 6.10. The van der Waals surface area contributed by atoms with Gasteiger partial charge < -0.3 is 10.5 Å². The monoisotopic (exact) mass is 316 g/mol. The van der Waals surface area contributed by atoms with Crippen molar-refractivity contribution < 1.29 is 13.2 Å². The first-order valence-corrected chi connectivity index (χ1v) is 8.41. The number of nitrogens with zero attached hydrogens (tertiary/aromatic N) is 1. The zero-order valence-electron chi connectivity index (χ0n) is 11.2. The number of nitrogen functional groups attached to an aromatic ring is 1. The summed E-state index contributed by atoms with van der Waals surface area (Å²) in [5.74, 6) is 0. The number of anilines is 1. The Hall–Kier alpha value is -0.820. The van der Waals surface area contributed by atoms with E-state index in [2.05, 4.69) is 0 Å². The van der Waals surface area contributed by atoms with Crippen LogP contribution in [0, 0.1) is 6.92 Å². The summed E-state index contributed by atoms with van der Waals surface area (Å²) in [5, 5.41) is 0.218. The summed E-state index contributed by atoms with van der Waals surface area (Å²) in [5.41, 5.74) is 7.02. The Morgan fingerprint density at radius 3 is 2.50 bits per heavy atom. The van der Waals surface area contributed by atoms with Crippen molar-refractivity contribution in [2.24, 2.45) is 0 Å². The fourth-order valence-corrected chi connectivity index (χ4v) is 4.87. The van der Waals surface area contributed by atoms with Gasteiger partial charge in [-0.05, 0) is 37.5 Å². The number of hydrogen-bond acceptors (Lipinski definition) is 4. The van der Waals surface area contributed by atoms with Crippen LogP contribution in [0.2, 0.25) is 5.02 Å². The van der Waals surface area contributed by atoms with E-state index in [0.717, 1.165) is 18.4 Å². The lowest BCUT2D eigenvalue weighted by atomic mass is 10.2. The number of sulfonamides is 1.